The number of hydrogen-bond acceptors (Lipinski definition) is 3. The van der Waals surface area contributed by atoms with E-state index in [1.54, 1.807) is 29.2 Å². The summed E-state index contributed by atoms with van der Waals surface area (Å²) in [4.78, 5) is 27.0. The van der Waals surface area contributed by atoms with Gasteiger partial charge < -0.3 is 4.90 Å². The van der Waals surface area contributed by atoms with Crippen LogP contribution in [0.25, 0.3) is 6.08 Å². The molecule has 2 atom stereocenters. The Balaban J connectivity index is 1.50. The van der Waals surface area contributed by atoms with Crippen LogP contribution in [0.3, 0.4) is 0 Å². The van der Waals surface area contributed by atoms with E-state index in [0.717, 1.165) is 48.1 Å². The molecular weight excluding hydrogens is 424 g/mol. The molecule has 2 fully saturated rings. The number of nitrogens with zero attached hydrogens (tertiary/aromatic N) is 3. The van der Waals surface area contributed by atoms with E-state index < -0.39 is 0 Å². The van der Waals surface area contributed by atoms with Crippen LogP contribution in [-0.4, -0.2) is 40.5 Å². The molecule has 2 amide bonds. The first kappa shape index (κ1) is 21.5. The van der Waals surface area contributed by atoms with Crippen LogP contribution >= 0.6 is 0 Å². The minimum atomic E-state index is -0.345. The van der Waals surface area contributed by atoms with E-state index in [-0.39, 0.29) is 42.0 Å². The van der Waals surface area contributed by atoms with Crippen molar-refractivity contribution in [2.24, 2.45) is 11.0 Å². The number of likely N-dealkylation sites (tertiary alicyclic amines) is 1. The van der Waals surface area contributed by atoms with Crippen molar-refractivity contribution in [1.29, 1.82) is 0 Å². The predicted octanol–water partition coefficient (Wildman–Crippen LogP) is 4.71. The Morgan fingerprint density at radius 2 is 1.70 bits per heavy atom. The fourth-order valence-corrected chi connectivity index (χ4v) is 5.07. The Kier molecular flexibility index (Phi) is 5.79. The van der Waals surface area contributed by atoms with Gasteiger partial charge in [0.15, 0.2) is 0 Å². The molecule has 2 unspecified atom stereocenters. The average Bonchev–Trinajstić information content (AvgIpc) is 3.40. The Labute approximate surface area is 191 Å². The van der Waals surface area contributed by atoms with Gasteiger partial charge in [0, 0.05) is 18.9 Å². The summed E-state index contributed by atoms with van der Waals surface area (Å²) in [5.74, 6) is -0.889. The molecular formula is C26H25F2N3O2. The van der Waals surface area contributed by atoms with Crippen molar-refractivity contribution in [3.05, 3.63) is 76.9 Å². The third-order valence-corrected chi connectivity index (χ3v) is 6.68. The van der Waals surface area contributed by atoms with E-state index >= 15 is 0 Å². The summed E-state index contributed by atoms with van der Waals surface area (Å²) < 4.78 is 27.0. The third kappa shape index (κ3) is 4.32. The van der Waals surface area contributed by atoms with Gasteiger partial charge in [-0.2, -0.15) is 5.10 Å². The second-order valence-corrected chi connectivity index (χ2v) is 8.86. The minimum absolute atomic E-state index is 0.00294. The molecule has 0 spiro atoms. The minimum Gasteiger partial charge on any atom is -0.333 e. The molecule has 1 saturated carbocycles. The first-order valence-electron chi connectivity index (χ1n) is 11.4. The number of benzene rings is 2. The van der Waals surface area contributed by atoms with Gasteiger partial charge >= 0.3 is 0 Å². The van der Waals surface area contributed by atoms with Crippen molar-refractivity contribution >= 4 is 23.6 Å². The molecule has 1 saturated heterocycles. The maximum atomic E-state index is 13.6. The lowest BCUT2D eigenvalue weighted by Gasteiger charge is -2.30. The summed E-state index contributed by atoms with van der Waals surface area (Å²) in [6.07, 6.45) is 5.83. The van der Waals surface area contributed by atoms with Gasteiger partial charge in [0.2, 0.25) is 5.91 Å². The van der Waals surface area contributed by atoms with Gasteiger partial charge in [-0.3, -0.25) is 9.59 Å². The van der Waals surface area contributed by atoms with Crippen LogP contribution in [0.15, 0.2) is 59.2 Å². The van der Waals surface area contributed by atoms with Crippen molar-refractivity contribution < 1.29 is 18.4 Å². The number of rotatable bonds is 4. The molecule has 5 nitrogen and oxygen atoms in total. The van der Waals surface area contributed by atoms with Crippen molar-refractivity contribution in [3.63, 3.8) is 0 Å². The first-order valence-corrected chi connectivity index (χ1v) is 11.4. The zero-order chi connectivity index (χ0) is 22.9. The molecule has 33 heavy (non-hydrogen) atoms. The Bertz CT molecular complexity index is 1130. The summed E-state index contributed by atoms with van der Waals surface area (Å²) in [7, 11) is 0. The van der Waals surface area contributed by atoms with Crippen LogP contribution in [0.4, 0.5) is 8.78 Å². The Hall–Kier alpha value is -3.35. The van der Waals surface area contributed by atoms with Crippen molar-refractivity contribution in [2.45, 2.75) is 38.1 Å². The number of carbonyl (C=O) groups is 2. The van der Waals surface area contributed by atoms with Crippen LogP contribution in [-0.2, 0) is 9.59 Å². The SMILES string of the molecule is O=C1CCCN1CC(=O)N1N=C2/C(=C/c3ccc(F)cc3)CCCC2C1c1ccc(F)cc1. The molecule has 7 heteroatoms. The number of amides is 2. The van der Waals surface area contributed by atoms with Crippen LogP contribution in [0, 0.1) is 17.6 Å². The molecule has 2 aromatic rings. The number of allylic oxidation sites excluding steroid dienone is 1. The highest BCUT2D eigenvalue weighted by molar-refractivity contribution is 6.08. The summed E-state index contributed by atoms with van der Waals surface area (Å²) in [6, 6.07) is 12.2. The average molecular weight is 450 g/mol. The predicted molar refractivity (Wildman–Crippen MR) is 121 cm³/mol. The van der Waals surface area contributed by atoms with Crippen molar-refractivity contribution in [1.82, 2.24) is 9.91 Å². The largest absolute Gasteiger partial charge is 0.333 e. The topological polar surface area (TPSA) is 53.0 Å². The van der Waals surface area contributed by atoms with E-state index in [9.17, 15) is 18.4 Å². The standard InChI is InChI=1S/C26H25F2N3O2/c27-20-10-6-17(7-11-20)15-19-3-1-4-22-25(19)29-31(24(33)16-30-14-2-5-23(30)32)26(22)18-8-12-21(28)13-9-18/h6-13,15,22,26H,1-5,14,16H2/b19-15+. The molecule has 1 aliphatic carbocycles. The second kappa shape index (κ2) is 8.89. The van der Waals surface area contributed by atoms with Crippen LogP contribution in [0.5, 0.6) is 0 Å². The summed E-state index contributed by atoms with van der Waals surface area (Å²) in [5, 5.41) is 6.28. The van der Waals surface area contributed by atoms with Gasteiger partial charge in [-0.25, -0.2) is 13.8 Å². The van der Waals surface area contributed by atoms with E-state index in [1.807, 2.05) is 6.08 Å². The van der Waals surface area contributed by atoms with Gasteiger partial charge in [0.25, 0.3) is 5.91 Å². The molecule has 2 heterocycles. The zero-order valence-corrected chi connectivity index (χ0v) is 18.2. The third-order valence-electron chi connectivity index (χ3n) is 6.68. The highest BCUT2D eigenvalue weighted by atomic mass is 19.1. The summed E-state index contributed by atoms with van der Waals surface area (Å²) >= 11 is 0. The van der Waals surface area contributed by atoms with Crippen molar-refractivity contribution in [2.75, 3.05) is 13.1 Å². The summed E-state index contributed by atoms with van der Waals surface area (Å²) in [6.45, 7) is 0.576. The highest BCUT2D eigenvalue weighted by Crippen LogP contribution is 2.44. The van der Waals surface area contributed by atoms with E-state index in [2.05, 4.69) is 0 Å². The maximum absolute atomic E-state index is 13.6. The van der Waals surface area contributed by atoms with Crippen molar-refractivity contribution in [3.8, 4) is 0 Å². The monoisotopic (exact) mass is 449 g/mol. The van der Waals surface area contributed by atoms with E-state index in [4.69, 9.17) is 5.10 Å². The lowest BCUT2D eigenvalue weighted by atomic mass is 9.77. The number of hydrazone groups is 1. The number of halogens is 2. The van der Waals surface area contributed by atoms with Crippen LogP contribution < -0.4 is 0 Å². The normalized spacial score (nSPS) is 23.8. The lowest BCUT2D eigenvalue weighted by molar-refractivity contribution is -0.140. The van der Waals surface area contributed by atoms with Gasteiger partial charge in [-0.05, 0) is 72.7 Å². The van der Waals surface area contributed by atoms with Gasteiger partial charge in [0.05, 0.1) is 11.8 Å². The fourth-order valence-electron chi connectivity index (χ4n) is 5.07. The zero-order valence-electron chi connectivity index (χ0n) is 18.2. The maximum Gasteiger partial charge on any atom is 0.262 e. The lowest BCUT2D eigenvalue weighted by Crippen LogP contribution is -2.40. The molecule has 0 aromatic heterocycles. The number of hydrogen-bond donors (Lipinski definition) is 0. The van der Waals surface area contributed by atoms with E-state index in [0.29, 0.717) is 13.0 Å². The first-order chi connectivity index (χ1) is 16.0. The van der Waals surface area contributed by atoms with Gasteiger partial charge in [-0.1, -0.05) is 24.3 Å². The summed E-state index contributed by atoms with van der Waals surface area (Å²) in [5.41, 5.74) is 3.57. The molecule has 3 aliphatic rings. The van der Waals surface area contributed by atoms with Crippen LogP contribution in [0.2, 0.25) is 0 Å². The van der Waals surface area contributed by atoms with Gasteiger partial charge in [-0.15, -0.1) is 0 Å². The molecule has 2 aromatic carbocycles. The molecule has 0 bridgehead atoms. The molecule has 2 aliphatic heterocycles. The smallest absolute Gasteiger partial charge is 0.262 e. The molecule has 0 N–H and O–H groups in total. The number of carbonyl (C=O) groups excluding carboxylic acids is 2. The Morgan fingerprint density at radius 1 is 1.00 bits per heavy atom. The highest BCUT2D eigenvalue weighted by Gasteiger charge is 2.44. The van der Waals surface area contributed by atoms with Gasteiger partial charge in [0.1, 0.15) is 18.2 Å². The fraction of sp³-hybridized carbons (Fsp3) is 0.346. The Morgan fingerprint density at radius 3 is 2.36 bits per heavy atom. The molecule has 170 valence electrons. The van der Waals surface area contributed by atoms with E-state index in [1.165, 1.54) is 29.3 Å². The number of fused-ring (bicyclic) bond motifs is 1. The molecule has 0 radical (unpaired) electrons. The van der Waals surface area contributed by atoms with Crippen LogP contribution in [0.1, 0.15) is 49.3 Å². The second-order valence-electron chi connectivity index (χ2n) is 8.86. The quantitative estimate of drug-likeness (QED) is 0.679. The molecule has 5 rings (SSSR count).